The Morgan fingerprint density at radius 3 is 2.66 bits per heavy atom. The number of amides is 1. The van der Waals surface area contributed by atoms with E-state index in [-0.39, 0.29) is 11.4 Å². The maximum absolute atomic E-state index is 13.5. The molecule has 5 rings (SSSR count). The lowest BCUT2D eigenvalue weighted by molar-refractivity contribution is -0.157. The van der Waals surface area contributed by atoms with Crippen molar-refractivity contribution in [1.82, 2.24) is 4.90 Å². The second-order valence-corrected chi connectivity index (χ2v) is 11.2. The number of carbonyl (C=O) groups is 1. The summed E-state index contributed by atoms with van der Waals surface area (Å²) in [6.45, 7) is 7.79. The van der Waals surface area contributed by atoms with Gasteiger partial charge in [-0.3, -0.25) is 14.7 Å². The summed E-state index contributed by atoms with van der Waals surface area (Å²) in [7, 11) is 3.35. The van der Waals surface area contributed by atoms with E-state index in [0.29, 0.717) is 39.4 Å². The first-order valence-electron chi connectivity index (χ1n) is 12.7. The van der Waals surface area contributed by atoms with Gasteiger partial charge >= 0.3 is 0 Å². The minimum Gasteiger partial charge on any atom is -0.493 e. The molecule has 0 aliphatic carbocycles. The van der Waals surface area contributed by atoms with Crippen molar-refractivity contribution in [3.05, 3.63) is 58.4 Å². The van der Waals surface area contributed by atoms with E-state index in [2.05, 4.69) is 16.6 Å². The van der Waals surface area contributed by atoms with Gasteiger partial charge in [-0.25, -0.2) is 0 Å². The summed E-state index contributed by atoms with van der Waals surface area (Å²) in [4.78, 5) is 23.1. The van der Waals surface area contributed by atoms with Gasteiger partial charge in [-0.05, 0) is 62.0 Å². The van der Waals surface area contributed by atoms with Crippen LogP contribution >= 0.6 is 22.9 Å². The average molecular weight is 554 g/mol. The number of anilines is 1. The second-order valence-electron chi connectivity index (χ2n) is 9.70. The van der Waals surface area contributed by atoms with Crippen LogP contribution in [0.25, 0.3) is 10.4 Å². The highest BCUT2D eigenvalue weighted by Gasteiger charge is 2.45. The number of piperidine rings is 1. The normalized spacial score (nSPS) is 16.6. The quantitative estimate of drug-likeness (QED) is 0.290. The number of thiophene rings is 1. The molecule has 3 aromatic rings. The van der Waals surface area contributed by atoms with Crippen molar-refractivity contribution < 1.29 is 19.0 Å². The molecular weight excluding hydrogens is 522 g/mol. The molecule has 2 aromatic carbocycles. The summed E-state index contributed by atoms with van der Waals surface area (Å²) in [5.74, 6) is 1.06. The molecule has 0 unspecified atom stereocenters. The minimum absolute atomic E-state index is 0.175. The van der Waals surface area contributed by atoms with Gasteiger partial charge in [0.2, 0.25) is 0 Å². The SMILES string of the molecule is C=Nc1cc(-c2ccc(Cl)cc2)sc1C(=O)N(C)c1ccc(OCCN2CCCCC23COC3)c(OC)c1. The number of hydrogen-bond donors (Lipinski definition) is 0. The van der Waals surface area contributed by atoms with Crippen molar-refractivity contribution >= 4 is 46.9 Å². The van der Waals surface area contributed by atoms with Crippen molar-refractivity contribution in [2.75, 3.05) is 52.0 Å². The van der Waals surface area contributed by atoms with Crippen LogP contribution in [0.1, 0.15) is 28.9 Å². The number of hydrogen-bond acceptors (Lipinski definition) is 7. The lowest BCUT2D eigenvalue weighted by atomic mass is 9.85. The molecule has 38 heavy (non-hydrogen) atoms. The molecule has 0 atom stereocenters. The van der Waals surface area contributed by atoms with Crippen LogP contribution in [0.2, 0.25) is 5.02 Å². The molecule has 2 fully saturated rings. The van der Waals surface area contributed by atoms with E-state index in [1.807, 2.05) is 48.5 Å². The highest BCUT2D eigenvalue weighted by Crippen LogP contribution is 2.39. The Labute approximate surface area is 232 Å². The molecular formula is C29H32ClN3O4S. The molecule has 200 valence electrons. The van der Waals surface area contributed by atoms with Crippen molar-refractivity contribution in [1.29, 1.82) is 0 Å². The lowest BCUT2D eigenvalue weighted by Crippen LogP contribution is -2.64. The number of benzene rings is 2. The van der Waals surface area contributed by atoms with Gasteiger partial charge in [0.05, 0.1) is 31.5 Å². The van der Waals surface area contributed by atoms with Crippen molar-refractivity contribution in [2.45, 2.75) is 24.8 Å². The Hall–Kier alpha value is -2.91. The molecule has 1 aromatic heterocycles. The summed E-state index contributed by atoms with van der Waals surface area (Å²) in [6.07, 6.45) is 3.68. The van der Waals surface area contributed by atoms with Crippen LogP contribution in [0.15, 0.2) is 53.5 Å². The van der Waals surface area contributed by atoms with Crippen LogP contribution in [-0.4, -0.2) is 70.1 Å². The van der Waals surface area contributed by atoms with Crippen molar-refractivity contribution in [3.8, 4) is 21.9 Å². The number of rotatable bonds is 9. The van der Waals surface area contributed by atoms with Gasteiger partial charge in [0, 0.05) is 35.2 Å². The first-order chi connectivity index (χ1) is 18.4. The van der Waals surface area contributed by atoms with Gasteiger partial charge < -0.3 is 19.1 Å². The molecule has 0 radical (unpaired) electrons. The molecule has 2 aliphatic rings. The molecule has 9 heteroatoms. The fourth-order valence-corrected chi connectivity index (χ4v) is 6.32. The van der Waals surface area contributed by atoms with E-state index >= 15 is 0 Å². The Bertz CT molecular complexity index is 1310. The third-order valence-electron chi connectivity index (χ3n) is 7.40. The van der Waals surface area contributed by atoms with Gasteiger partial charge in [0.15, 0.2) is 11.5 Å². The van der Waals surface area contributed by atoms with E-state index < -0.39 is 0 Å². The van der Waals surface area contributed by atoms with Crippen LogP contribution in [0.5, 0.6) is 11.5 Å². The van der Waals surface area contributed by atoms with Crippen molar-refractivity contribution in [3.63, 3.8) is 0 Å². The third-order valence-corrected chi connectivity index (χ3v) is 8.81. The van der Waals surface area contributed by atoms with Crippen LogP contribution in [-0.2, 0) is 4.74 Å². The fourth-order valence-electron chi connectivity index (χ4n) is 5.09. The Morgan fingerprint density at radius 2 is 1.97 bits per heavy atom. The van der Waals surface area contributed by atoms with Crippen LogP contribution < -0.4 is 14.4 Å². The first-order valence-corrected chi connectivity index (χ1v) is 13.9. The Morgan fingerprint density at radius 1 is 1.18 bits per heavy atom. The summed E-state index contributed by atoms with van der Waals surface area (Å²) >= 11 is 7.41. The predicted molar refractivity (Wildman–Crippen MR) is 154 cm³/mol. The standard InChI is InChI=1S/C29H32ClN3O4S/c1-31-23-17-26(20-6-8-21(30)9-7-20)38-27(23)28(34)32(2)22-10-11-24(25(16-22)35-3)37-15-14-33-13-5-4-12-29(33)18-36-19-29/h6-11,16-17H,1,4-5,12-15,18-19H2,2-3H3. The molecule has 2 aliphatic heterocycles. The zero-order chi connectivity index (χ0) is 26.7. The minimum atomic E-state index is -0.175. The summed E-state index contributed by atoms with van der Waals surface area (Å²) in [5.41, 5.74) is 2.41. The third kappa shape index (κ3) is 5.31. The highest BCUT2D eigenvalue weighted by atomic mass is 35.5. The summed E-state index contributed by atoms with van der Waals surface area (Å²) in [6, 6.07) is 14.9. The summed E-state index contributed by atoms with van der Waals surface area (Å²) < 4.78 is 17.3. The average Bonchev–Trinajstić information content (AvgIpc) is 3.36. The molecule has 1 amide bonds. The van der Waals surface area contributed by atoms with E-state index in [9.17, 15) is 4.79 Å². The van der Waals surface area contributed by atoms with Gasteiger partial charge in [0.25, 0.3) is 5.91 Å². The molecule has 0 bridgehead atoms. The number of aliphatic imine (C=N–C) groups is 1. The number of halogens is 1. The Balaban J connectivity index is 1.28. The van der Waals surface area contributed by atoms with E-state index in [1.54, 1.807) is 19.1 Å². The second kappa shape index (κ2) is 11.5. The zero-order valence-electron chi connectivity index (χ0n) is 21.7. The molecule has 7 nitrogen and oxygen atoms in total. The molecule has 0 N–H and O–H groups in total. The number of carbonyl (C=O) groups excluding carboxylic acids is 1. The largest absolute Gasteiger partial charge is 0.493 e. The van der Waals surface area contributed by atoms with Crippen LogP contribution in [0.3, 0.4) is 0 Å². The zero-order valence-corrected chi connectivity index (χ0v) is 23.3. The maximum Gasteiger partial charge on any atom is 0.270 e. The number of methoxy groups -OCH3 is 1. The molecule has 1 spiro atoms. The predicted octanol–water partition coefficient (Wildman–Crippen LogP) is 6.32. The first kappa shape index (κ1) is 26.7. The number of likely N-dealkylation sites (tertiary alicyclic amines) is 1. The van der Waals surface area contributed by atoms with E-state index in [1.165, 1.54) is 30.6 Å². The topological polar surface area (TPSA) is 63.6 Å². The lowest BCUT2D eigenvalue weighted by Gasteiger charge is -2.52. The van der Waals surface area contributed by atoms with Gasteiger partial charge in [-0.1, -0.05) is 30.2 Å². The van der Waals surface area contributed by atoms with Crippen molar-refractivity contribution in [2.24, 2.45) is 4.99 Å². The van der Waals surface area contributed by atoms with Gasteiger partial charge in [-0.2, -0.15) is 0 Å². The molecule has 0 saturated carbocycles. The van der Waals surface area contributed by atoms with E-state index in [0.717, 1.165) is 36.7 Å². The molecule has 2 saturated heterocycles. The summed E-state index contributed by atoms with van der Waals surface area (Å²) in [5, 5.41) is 0.660. The van der Waals surface area contributed by atoms with Crippen LogP contribution in [0, 0.1) is 0 Å². The van der Waals surface area contributed by atoms with Gasteiger partial charge in [0.1, 0.15) is 11.5 Å². The Kier molecular flexibility index (Phi) is 8.04. The van der Waals surface area contributed by atoms with Crippen LogP contribution in [0.4, 0.5) is 11.4 Å². The number of ether oxygens (including phenoxy) is 3. The fraction of sp³-hybridized carbons (Fsp3) is 0.379. The smallest absolute Gasteiger partial charge is 0.270 e. The highest BCUT2D eigenvalue weighted by molar-refractivity contribution is 7.18. The van der Waals surface area contributed by atoms with E-state index in [4.69, 9.17) is 25.8 Å². The monoisotopic (exact) mass is 553 g/mol. The maximum atomic E-state index is 13.5. The van der Waals surface area contributed by atoms with Gasteiger partial charge in [-0.15, -0.1) is 11.3 Å². The molecule has 3 heterocycles. The number of nitrogens with zero attached hydrogens (tertiary/aromatic N) is 3.